The molecule has 29 heavy (non-hydrogen) atoms. The number of aromatic nitrogens is 1. The first-order chi connectivity index (χ1) is 13.8. The molecule has 1 fully saturated rings. The summed E-state index contributed by atoms with van der Waals surface area (Å²) in [4.78, 5) is 42.4. The number of nitrogens with zero attached hydrogens (tertiary/aromatic N) is 1. The van der Waals surface area contributed by atoms with Gasteiger partial charge in [-0.2, -0.15) is 0 Å². The maximum absolute atomic E-state index is 12.8. The number of hydrogen-bond donors (Lipinski definition) is 2. The average Bonchev–Trinajstić information content (AvgIpc) is 3.25. The molecule has 148 valence electrons. The largest absolute Gasteiger partial charge is 0.360 e. The number of carbonyl (C=O) groups is 3. The Kier molecular flexibility index (Phi) is 5.06. The molecule has 1 atom stereocenters. The van der Waals surface area contributed by atoms with Crippen LogP contribution in [0.3, 0.4) is 0 Å². The smallest absolute Gasteiger partial charge is 0.293 e. The lowest BCUT2D eigenvalue weighted by Gasteiger charge is -2.18. The van der Waals surface area contributed by atoms with Gasteiger partial charge in [0.1, 0.15) is 6.04 Å². The van der Waals surface area contributed by atoms with Gasteiger partial charge in [-0.3, -0.25) is 14.4 Å². The molecule has 3 aromatic rings. The number of benzene rings is 2. The van der Waals surface area contributed by atoms with E-state index in [0.29, 0.717) is 39.6 Å². The minimum Gasteiger partial charge on any atom is -0.360 e. The predicted molar refractivity (Wildman–Crippen MR) is 113 cm³/mol. The third kappa shape index (κ3) is 3.61. The van der Waals surface area contributed by atoms with Crippen LogP contribution >= 0.6 is 23.2 Å². The second-order valence-electron chi connectivity index (χ2n) is 6.98. The number of aromatic amines is 1. The molecule has 6 nitrogen and oxygen atoms in total. The molecule has 1 unspecified atom stereocenters. The topological polar surface area (TPSA) is 82.3 Å². The number of carbonyl (C=O) groups excluding carboxylic acids is 3. The van der Waals surface area contributed by atoms with Crippen molar-refractivity contribution in [1.29, 1.82) is 0 Å². The van der Waals surface area contributed by atoms with Crippen molar-refractivity contribution in [2.75, 3.05) is 11.4 Å². The standard InChI is InChI=1S/C21H17Cl2N3O3/c1-11-2-5-18(15(23)8-11)26-7-6-17(21(26)29)25-20(28)19(27)14-10-24-16-4-3-12(22)9-13(14)16/h2-5,8-10,17,24H,6-7H2,1H3,(H,25,28). The highest BCUT2D eigenvalue weighted by molar-refractivity contribution is 6.45. The minimum absolute atomic E-state index is 0.212. The van der Waals surface area contributed by atoms with Crippen LogP contribution in [-0.2, 0) is 9.59 Å². The van der Waals surface area contributed by atoms with E-state index in [1.165, 1.54) is 11.1 Å². The van der Waals surface area contributed by atoms with Gasteiger partial charge in [0.25, 0.3) is 11.7 Å². The van der Waals surface area contributed by atoms with Crippen LogP contribution in [0.25, 0.3) is 10.9 Å². The Morgan fingerprint density at radius 1 is 1.17 bits per heavy atom. The van der Waals surface area contributed by atoms with Crippen molar-refractivity contribution in [3.63, 3.8) is 0 Å². The molecule has 0 spiro atoms. The van der Waals surface area contributed by atoms with Gasteiger partial charge < -0.3 is 15.2 Å². The van der Waals surface area contributed by atoms with E-state index >= 15 is 0 Å². The minimum atomic E-state index is -0.832. The van der Waals surface area contributed by atoms with E-state index in [4.69, 9.17) is 23.2 Å². The van der Waals surface area contributed by atoms with Crippen molar-refractivity contribution in [2.24, 2.45) is 0 Å². The SMILES string of the molecule is Cc1ccc(N2CCC(NC(=O)C(=O)c3c[nH]c4ccc(Cl)cc34)C2=O)c(Cl)c1. The summed E-state index contributed by atoms with van der Waals surface area (Å²) >= 11 is 12.3. The van der Waals surface area contributed by atoms with E-state index in [1.54, 1.807) is 30.3 Å². The average molecular weight is 430 g/mol. The molecule has 2 aromatic carbocycles. The molecule has 1 aromatic heterocycles. The first kappa shape index (κ1) is 19.5. The Labute approximate surface area is 176 Å². The zero-order valence-corrected chi connectivity index (χ0v) is 17.0. The van der Waals surface area contributed by atoms with Crippen molar-refractivity contribution in [1.82, 2.24) is 10.3 Å². The molecule has 2 amide bonds. The maximum Gasteiger partial charge on any atom is 0.293 e. The number of ketones is 1. The molecule has 2 heterocycles. The van der Waals surface area contributed by atoms with E-state index in [9.17, 15) is 14.4 Å². The van der Waals surface area contributed by atoms with Gasteiger partial charge in [0.2, 0.25) is 5.91 Å². The van der Waals surface area contributed by atoms with Crippen LogP contribution in [-0.4, -0.2) is 35.2 Å². The molecule has 1 aliphatic heterocycles. The van der Waals surface area contributed by atoms with Crippen molar-refractivity contribution in [3.8, 4) is 0 Å². The van der Waals surface area contributed by atoms with E-state index in [1.807, 2.05) is 13.0 Å². The third-order valence-corrected chi connectivity index (χ3v) is 5.54. The number of amides is 2. The molecule has 1 aliphatic rings. The number of Topliss-reactive ketones (excluding diaryl/α,β-unsaturated/α-hetero) is 1. The number of hydrogen-bond acceptors (Lipinski definition) is 3. The van der Waals surface area contributed by atoms with Crippen molar-refractivity contribution < 1.29 is 14.4 Å². The highest BCUT2D eigenvalue weighted by atomic mass is 35.5. The van der Waals surface area contributed by atoms with Crippen LogP contribution in [0.15, 0.2) is 42.6 Å². The van der Waals surface area contributed by atoms with E-state index in [-0.39, 0.29) is 11.5 Å². The van der Waals surface area contributed by atoms with Crippen LogP contribution in [0.1, 0.15) is 22.3 Å². The summed E-state index contributed by atoms with van der Waals surface area (Å²) < 4.78 is 0. The van der Waals surface area contributed by atoms with Gasteiger partial charge in [-0.15, -0.1) is 0 Å². The Balaban J connectivity index is 1.50. The molecule has 0 saturated carbocycles. The number of fused-ring (bicyclic) bond motifs is 1. The number of rotatable bonds is 4. The molecular formula is C21H17Cl2N3O3. The van der Waals surface area contributed by atoms with E-state index < -0.39 is 17.7 Å². The first-order valence-corrected chi connectivity index (χ1v) is 9.80. The zero-order chi connectivity index (χ0) is 20.7. The summed E-state index contributed by atoms with van der Waals surface area (Å²) in [6, 6.07) is 9.69. The van der Waals surface area contributed by atoms with Gasteiger partial charge in [-0.05, 0) is 49.2 Å². The predicted octanol–water partition coefficient (Wildman–Crippen LogP) is 3.89. The first-order valence-electron chi connectivity index (χ1n) is 9.04. The van der Waals surface area contributed by atoms with Crippen LogP contribution in [0.5, 0.6) is 0 Å². The number of aryl methyl sites for hydroxylation is 1. The second-order valence-corrected chi connectivity index (χ2v) is 7.82. The maximum atomic E-state index is 12.8. The number of nitrogens with one attached hydrogen (secondary N) is 2. The van der Waals surface area contributed by atoms with Gasteiger partial charge in [0.15, 0.2) is 0 Å². The van der Waals surface area contributed by atoms with Crippen LogP contribution in [0, 0.1) is 6.92 Å². The fraction of sp³-hybridized carbons (Fsp3) is 0.190. The summed E-state index contributed by atoms with van der Waals surface area (Å²) in [5.74, 6) is -1.85. The molecule has 8 heteroatoms. The monoisotopic (exact) mass is 429 g/mol. The quantitative estimate of drug-likeness (QED) is 0.487. The highest BCUT2D eigenvalue weighted by Crippen LogP contribution is 2.30. The van der Waals surface area contributed by atoms with Crippen molar-refractivity contribution >= 4 is 57.4 Å². The second kappa shape index (κ2) is 7.54. The van der Waals surface area contributed by atoms with E-state index in [2.05, 4.69) is 10.3 Å². The highest BCUT2D eigenvalue weighted by Gasteiger charge is 2.36. The van der Waals surface area contributed by atoms with Crippen LogP contribution < -0.4 is 10.2 Å². The lowest BCUT2D eigenvalue weighted by molar-refractivity contribution is -0.124. The molecule has 2 N–H and O–H groups in total. The summed E-state index contributed by atoms with van der Waals surface area (Å²) in [5.41, 5.74) is 2.49. The molecule has 0 aliphatic carbocycles. The van der Waals surface area contributed by atoms with Crippen LogP contribution in [0.4, 0.5) is 5.69 Å². The summed E-state index contributed by atoms with van der Waals surface area (Å²) in [7, 11) is 0. The van der Waals surface area contributed by atoms with Crippen molar-refractivity contribution in [3.05, 3.63) is 63.8 Å². The van der Waals surface area contributed by atoms with Gasteiger partial charge in [-0.1, -0.05) is 29.3 Å². The fourth-order valence-corrected chi connectivity index (χ4v) is 4.02. The number of halogens is 2. The summed E-state index contributed by atoms with van der Waals surface area (Å²) in [6.07, 6.45) is 1.86. The Hall–Kier alpha value is -2.83. The molecular weight excluding hydrogens is 413 g/mol. The fourth-order valence-electron chi connectivity index (χ4n) is 3.51. The molecule has 0 bridgehead atoms. The lowest BCUT2D eigenvalue weighted by atomic mass is 10.1. The molecule has 4 rings (SSSR count). The van der Waals surface area contributed by atoms with Gasteiger partial charge in [-0.25, -0.2) is 0 Å². The van der Waals surface area contributed by atoms with Crippen LogP contribution in [0.2, 0.25) is 10.0 Å². The number of H-pyrrole nitrogens is 1. The van der Waals surface area contributed by atoms with E-state index in [0.717, 1.165) is 5.56 Å². The van der Waals surface area contributed by atoms with Gasteiger partial charge in [0, 0.05) is 28.7 Å². The molecule has 0 radical (unpaired) electrons. The Morgan fingerprint density at radius 3 is 2.72 bits per heavy atom. The zero-order valence-electron chi connectivity index (χ0n) is 15.5. The third-order valence-electron chi connectivity index (χ3n) is 5.00. The van der Waals surface area contributed by atoms with Gasteiger partial charge >= 0.3 is 0 Å². The van der Waals surface area contributed by atoms with Crippen molar-refractivity contribution in [2.45, 2.75) is 19.4 Å². The number of anilines is 1. The lowest BCUT2D eigenvalue weighted by Crippen LogP contribution is -2.44. The van der Waals surface area contributed by atoms with Gasteiger partial charge in [0.05, 0.1) is 16.3 Å². The normalized spacial score (nSPS) is 16.4. The Morgan fingerprint density at radius 2 is 1.97 bits per heavy atom. The molecule has 1 saturated heterocycles. The summed E-state index contributed by atoms with van der Waals surface area (Å²) in [5, 5.41) is 4.05. The summed E-state index contributed by atoms with van der Waals surface area (Å²) in [6.45, 7) is 2.32. The Bertz CT molecular complexity index is 1160.